The Hall–Kier alpha value is -2.34. The number of pyridine rings is 1. The second-order valence-electron chi connectivity index (χ2n) is 3.86. The summed E-state index contributed by atoms with van der Waals surface area (Å²) in [5, 5.41) is 11.6. The van der Waals surface area contributed by atoms with Gasteiger partial charge in [-0.3, -0.25) is 4.79 Å². The number of carboxylic acid groups (broad SMARTS) is 1. The van der Waals surface area contributed by atoms with E-state index in [1.54, 1.807) is 12.1 Å². The Labute approximate surface area is 120 Å². The number of hydrogen-bond donors (Lipinski definition) is 2. The highest BCUT2D eigenvalue weighted by Gasteiger charge is 2.16. The predicted octanol–water partition coefficient (Wildman–Crippen LogP) is 2.75. The summed E-state index contributed by atoms with van der Waals surface area (Å²) < 4.78 is 0. The molecule has 2 N–H and O–H groups in total. The third-order valence-corrected chi connectivity index (χ3v) is 3.42. The second-order valence-corrected chi connectivity index (χ2v) is 4.71. The first-order valence-corrected chi connectivity index (χ1v) is 6.98. The maximum atomic E-state index is 12.2. The number of aromatic nitrogens is 1. The number of anilines is 1. The third kappa shape index (κ3) is 2.97. The zero-order chi connectivity index (χ0) is 14.5. The van der Waals surface area contributed by atoms with Crippen molar-refractivity contribution in [2.24, 2.45) is 0 Å². The highest BCUT2D eigenvalue weighted by Crippen LogP contribution is 2.21. The average molecular weight is 288 g/mol. The molecule has 0 saturated heterocycles. The minimum atomic E-state index is -1.13. The molecular formula is C14H12N2O3S. The molecule has 0 saturated carbocycles. The largest absolute Gasteiger partial charge is 0.478 e. The second kappa shape index (κ2) is 6.21. The molecule has 2 rings (SSSR count). The monoisotopic (exact) mass is 288 g/mol. The number of carbonyl (C=O) groups excluding carboxylic acids is 1. The van der Waals surface area contributed by atoms with Gasteiger partial charge in [-0.15, -0.1) is 11.8 Å². The van der Waals surface area contributed by atoms with E-state index in [0.717, 1.165) is 4.90 Å². The number of nitrogens with one attached hydrogen (secondary N) is 1. The van der Waals surface area contributed by atoms with Crippen molar-refractivity contribution in [2.45, 2.75) is 4.90 Å². The van der Waals surface area contributed by atoms with E-state index in [2.05, 4.69) is 10.3 Å². The molecule has 6 heteroatoms. The lowest BCUT2D eigenvalue weighted by Gasteiger charge is -2.09. The third-order valence-electron chi connectivity index (χ3n) is 2.62. The fourth-order valence-corrected chi connectivity index (χ4v) is 2.28. The highest BCUT2D eigenvalue weighted by atomic mass is 32.2. The van der Waals surface area contributed by atoms with Crippen LogP contribution in [-0.4, -0.2) is 28.2 Å². The minimum Gasteiger partial charge on any atom is -0.478 e. The summed E-state index contributed by atoms with van der Waals surface area (Å²) in [7, 11) is 0. The Morgan fingerprint density at radius 2 is 1.85 bits per heavy atom. The van der Waals surface area contributed by atoms with E-state index in [-0.39, 0.29) is 17.3 Å². The van der Waals surface area contributed by atoms with Gasteiger partial charge in [-0.1, -0.05) is 12.1 Å². The highest BCUT2D eigenvalue weighted by molar-refractivity contribution is 7.98. The number of carboxylic acids is 1. The first-order valence-electron chi connectivity index (χ1n) is 5.76. The standard InChI is InChI=1S/C14H12N2O3S/c1-20-11-7-3-2-5-9(11)13(17)16-12-10(14(18)19)6-4-8-15-12/h2-8H,1H3,(H,18,19)(H,15,16,17). The van der Waals surface area contributed by atoms with Crippen molar-refractivity contribution in [1.82, 2.24) is 4.98 Å². The lowest BCUT2D eigenvalue weighted by Crippen LogP contribution is -2.16. The molecule has 102 valence electrons. The quantitative estimate of drug-likeness (QED) is 0.846. The van der Waals surface area contributed by atoms with E-state index in [9.17, 15) is 9.59 Å². The Kier molecular flexibility index (Phi) is 4.37. The maximum absolute atomic E-state index is 12.2. The molecule has 0 fully saturated rings. The first kappa shape index (κ1) is 14.1. The molecule has 1 heterocycles. The van der Waals surface area contributed by atoms with Crippen molar-refractivity contribution < 1.29 is 14.7 Å². The molecule has 0 aliphatic carbocycles. The number of amides is 1. The molecule has 20 heavy (non-hydrogen) atoms. The number of carbonyl (C=O) groups is 2. The van der Waals surface area contributed by atoms with Crippen molar-refractivity contribution in [3.05, 3.63) is 53.7 Å². The Bertz CT molecular complexity index is 658. The van der Waals surface area contributed by atoms with Crippen LogP contribution in [0, 0.1) is 0 Å². The molecule has 0 aliphatic rings. The zero-order valence-electron chi connectivity index (χ0n) is 10.7. The lowest BCUT2D eigenvalue weighted by atomic mass is 10.2. The molecule has 0 unspecified atom stereocenters. The summed E-state index contributed by atoms with van der Waals surface area (Å²) in [6.45, 7) is 0. The molecule has 1 aromatic carbocycles. The van der Waals surface area contributed by atoms with Crippen molar-refractivity contribution in [2.75, 3.05) is 11.6 Å². The molecular weight excluding hydrogens is 276 g/mol. The topological polar surface area (TPSA) is 79.3 Å². The van der Waals surface area contributed by atoms with Crippen LogP contribution >= 0.6 is 11.8 Å². The molecule has 0 atom stereocenters. The van der Waals surface area contributed by atoms with E-state index >= 15 is 0 Å². The summed E-state index contributed by atoms with van der Waals surface area (Å²) in [4.78, 5) is 28.0. The molecule has 0 radical (unpaired) electrons. The number of rotatable bonds is 4. The van der Waals surface area contributed by atoms with Gasteiger partial charge in [0.25, 0.3) is 5.91 Å². The van der Waals surface area contributed by atoms with Gasteiger partial charge in [0.2, 0.25) is 0 Å². The van der Waals surface area contributed by atoms with Crippen molar-refractivity contribution in [3.8, 4) is 0 Å². The summed E-state index contributed by atoms with van der Waals surface area (Å²) >= 11 is 1.45. The average Bonchev–Trinajstić information content (AvgIpc) is 2.47. The molecule has 0 aliphatic heterocycles. The van der Waals surface area contributed by atoms with Gasteiger partial charge in [0.1, 0.15) is 11.4 Å². The van der Waals surface area contributed by atoms with Gasteiger partial charge in [-0.05, 0) is 30.5 Å². The minimum absolute atomic E-state index is 0.0394. The van der Waals surface area contributed by atoms with Crippen LogP contribution in [0.5, 0.6) is 0 Å². The predicted molar refractivity (Wildman–Crippen MR) is 77.4 cm³/mol. The van der Waals surface area contributed by atoms with Crippen LogP contribution in [0.3, 0.4) is 0 Å². The van der Waals surface area contributed by atoms with Crippen molar-refractivity contribution >= 4 is 29.5 Å². The summed E-state index contributed by atoms with van der Waals surface area (Å²) in [6, 6.07) is 10.0. The Balaban J connectivity index is 2.31. The van der Waals surface area contributed by atoms with Gasteiger partial charge >= 0.3 is 5.97 Å². The van der Waals surface area contributed by atoms with Crippen molar-refractivity contribution in [3.63, 3.8) is 0 Å². The summed E-state index contributed by atoms with van der Waals surface area (Å²) in [6.07, 6.45) is 3.30. The number of hydrogen-bond acceptors (Lipinski definition) is 4. The van der Waals surface area contributed by atoms with E-state index in [1.165, 1.54) is 30.1 Å². The summed E-state index contributed by atoms with van der Waals surface area (Å²) in [5.74, 6) is -1.47. The molecule has 1 amide bonds. The van der Waals surface area contributed by atoms with Gasteiger partial charge in [0, 0.05) is 11.1 Å². The van der Waals surface area contributed by atoms with Crippen LogP contribution in [-0.2, 0) is 0 Å². The molecule has 5 nitrogen and oxygen atoms in total. The number of benzene rings is 1. The van der Waals surface area contributed by atoms with E-state index in [0.29, 0.717) is 5.56 Å². The number of thioether (sulfide) groups is 1. The molecule has 1 aromatic heterocycles. The van der Waals surface area contributed by atoms with Gasteiger partial charge in [-0.25, -0.2) is 9.78 Å². The lowest BCUT2D eigenvalue weighted by molar-refractivity contribution is 0.0697. The van der Waals surface area contributed by atoms with E-state index < -0.39 is 5.97 Å². The van der Waals surface area contributed by atoms with E-state index in [4.69, 9.17) is 5.11 Å². The molecule has 0 bridgehead atoms. The molecule has 2 aromatic rings. The van der Waals surface area contributed by atoms with Crippen LogP contribution < -0.4 is 5.32 Å². The molecule has 0 spiro atoms. The van der Waals surface area contributed by atoms with Crippen LogP contribution in [0.25, 0.3) is 0 Å². The number of aromatic carboxylic acids is 1. The fraction of sp³-hybridized carbons (Fsp3) is 0.0714. The van der Waals surface area contributed by atoms with Crippen molar-refractivity contribution in [1.29, 1.82) is 0 Å². The normalized spacial score (nSPS) is 10.1. The number of nitrogens with zero attached hydrogens (tertiary/aromatic N) is 1. The Morgan fingerprint density at radius 1 is 1.15 bits per heavy atom. The zero-order valence-corrected chi connectivity index (χ0v) is 11.5. The SMILES string of the molecule is CSc1ccccc1C(=O)Nc1ncccc1C(=O)O. The van der Waals surface area contributed by atoms with Crippen LogP contribution in [0.2, 0.25) is 0 Å². The van der Waals surface area contributed by atoms with Gasteiger partial charge in [0.15, 0.2) is 0 Å². The fourth-order valence-electron chi connectivity index (χ4n) is 1.68. The van der Waals surface area contributed by atoms with E-state index in [1.807, 2.05) is 18.4 Å². The van der Waals surface area contributed by atoms with Crippen LogP contribution in [0.15, 0.2) is 47.5 Å². The van der Waals surface area contributed by atoms with Crippen LogP contribution in [0.1, 0.15) is 20.7 Å². The first-order chi connectivity index (χ1) is 9.63. The van der Waals surface area contributed by atoms with Gasteiger partial charge < -0.3 is 10.4 Å². The summed E-state index contributed by atoms with van der Waals surface area (Å²) in [5.41, 5.74) is 0.449. The van der Waals surface area contributed by atoms with Crippen LogP contribution in [0.4, 0.5) is 5.82 Å². The van der Waals surface area contributed by atoms with Gasteiger partial charge in [0.05, 0.1) is 5.56 Å². The Morgan fingerprint density at radius 3 is 2.55 bits per heavy atom. The smallest absolute Gasteiger partial charge is 0.339 e. The maximum Gasteiger partial charge on any atom is 0.339 e. The van der Waals surface area contributed by atoms with Gasteiger partial charge in [-0.2, -0.15) is 0 Å².